The van der Waals surface area contributed by atoms with Gasteiger partial charge in [-0.25, -0.2) is 0 Å². The van der Waals surface area contributed by atoms with Crippen molar-refractivity contribution < 1.29 is 0 Å². The Kier molecular flexibility index (Phi) is 3.36. The van der Waals surface area contributed by atoms with Crippen LogP contribution in [0.1, 0.15) is 24.8 Å². The first kappa shape index (κ1) is 11.7. The Balaban J connectivity index is 2.24. The summed E-state index contributed by atoms with van der Waals surface area (Å²) < 4.78 is 0. The van der Waals surface area contributed by atoms with Gasteiger partial charge in [0.15, 0.2) is 0 Å². The van der Waals surface area contributed by atoms with E-state index in [9.17, 15) is 0 Å². The SMILES string of the molecule is CN(c1ccc(C(N)=S)cc1Cl)C1CCC1. The van der Waals surface area contributed by atoms with Crippen LogP contribution in [-0.4, -0.2) is 18.1 Å². The second-order valence-electron chi connectivity index (χ2n) is 4.23. The van der Waals surface area contributed by atoms with Crippen LogP contribution in [0.5, 0.6) is 0 Å². The Bertz CT molecular complexity index is 415. The number of thiocarbonyl (C=S) groups is 1. The summed E-state index contributed by atoms with van der Waals surface area (Å²) in [5.74, 6) is 0. The van der Waals surface area contributed by atoms with Gasteiger partial charge in [-0.2, -0.15) is 0 Å². The third-order valence-corrected chi connectivity index (χ3v) is 3.77. The van der Waals surface area contributed by atoms with Crippen LogP contribution in [0, 0.1) is 0 Å². The van der Waals surface area contributed by atoms with Crippen molar-refractivity contribution in [3.8, 4) is 0 Å². The molecule has 1 aromatic carbocycles. The van der Waals surface area contributed by atoms with E-state index in [-0.39, 0.29) is 0 Å². The number of nitrogens with two attached hydrogens (primary N) is 1. The maximum atomic E-state index is 6.24. The van der Waals surface area contributed by atoms with E-state index >= 15 is 0 Å². The lowest BCUT2D eigenvalue weighted by atomic mass is 9.91. The largest absolute Gasteiger partial charge is 0.389 e. The standard InChI is InChI=1S/C12H15ClN2S/c1-15(9-3-2-4-9)11-6-5-8(12(14)16)7-10(11)13/h5-7,9H,2-4H2,1H3,(H2,14,16). The van der Waals surface area contributed by atoms with Gasteiger partial charge in [0.2, 0.25) is 0 Å². The summed E-state index contributed by atoms with van der Waals surface area (Å²) in [6.45, 7) is 0. The second-order valence-corrected chi connectivity index (χ2v) is 5.07. The number of benzene rings is 1. The van der Waals surface area contributed by atoms with Crippen molar-refractivity contribution in [3.05, 3.63) is 28.8 Å². The monoisotopic (exact) mass is 254 g/mol. The molecule has 0 radical (unpaired) electrons. The van der Waals surface area contributed by atoms with Crippen LogP contribution >= 0.6 is 23.8 Å². The Hall–Kier alpha value is -0.800. The zero-order valence-corrected chi connectivity index (χ0v) is 10.8. The number of halogens is 1. The Morgan fingerprint density at radius 3 is 2.62 bits per heavy atom. The first-order valence-electron chi connectivity index (χ1n) is 5.42. The highest BCUT2D eigenvalue weighted by Gasteiger charge is 2.23. The summed E-state index contributed by atoms with van der Waals surface area (Å²) in [7, 11) is 2.09. The molecule has 1 aliphatic rings. The van der Waals surface area contributed by atoms with Gasteiger partial charge in [0.1, 0.15) is 4.99 Å². The molecule has 1 aromatic rings. The molecule has 1 aliphatic carbocycles. The zero-order valence-electron chi connectivity index (χ0n) is 9.24. The van der Waals surface area contributed by atoms with E-state index in [0.29, 0.717) is 11.0 Å². The zero-order chi connectivity index (χ0) is 11.7. The topological polar surface area (TPSA) is 29.3 Å². The molecule has 0 aromatic heterocycles. The van der Waals surface area contributed by atoms with E-state index in [2.05, 4.69) is 11.9 Å². The molecule has 4 heteroatoms. The third-order valence-electron chi connectivity index (χ3n) is 3.23. The molecular weight excluding hydrogens is 240 g/mol. The lowest BCUT2D eigenvalue weighted by Crippen LogP contribution is -2.37. The number of hydrogen-bond donors (Lipinski definition) is 1. The number of hydrogen-bond acceptors (Lipinski definition) is 2. The lowest BCUT2D eigenvalue weighted by Gasteiger charge is -2.36. The van der Waals surface area contributed by atoms with Crippen molar-refractivity contribution >= 4 is 34.5 Å². The molecule has 2 nitrogen and oxygen atoms in total. The summed E-state index contributed by atoms with van der Waals surface area (Å²) in [6, 6.07) is 6.40. The smallest absolute Gasteiger partial charge is 0.104 e. The molecule has 0 heterocycles. The quantitative estimate of drug-likeness (QED) is 0.841. The number of rotatable bonds is 3. The van der Waals surface area contributed by atoms with Gasteiger partial charge in [0.25, 0.3) is 0 Å². The molecule has 0 saturated heterocycles. The Morgan fingerprint density at radius 2 is 2.19 bits per heavy atom. The van der Waals surface area contributed by atoms with E-state index in [1.54, 1.807) is 0 Å². The summed E-state index contributed by atoms with van der Waals surface area (Å²) >= 11 is 11.2. The van der Waals surface area contributed by atoms with Crippen molar-refractivity contribution in [2.45, 2.75) is 25.3 Å². The Labute approximate surface area is 106 Å². The summed E-state index contributed by atoms with van der Waals surface area (Å²) in [5, 5.41) is 0.722. The molecule has 86 valence electrons. The summed E-state index contributed by atoms with van der Waals surface area (Å²) in [5.41, 5.74) is 7.45. The van der Waals surface area contributed by atoms with Crippen LogP contribution in [0.4, 0.5) is 5.69 Å². The molecule has 1 fully saturated rings. The van der Waals surface area contributed by atoms with Crippen molar-refractivity contribution in [2.75, 3.05) is 11.9 Å². The van der Waals surface area contributed by atoms with Gasteiger partial charge >= 0.3 is 0 Å². The predicted molar refractivity (Wildman–Crippen MR) is 73.4 cm³/mol. The van der Waals surface area contributed by atoms with Crippen molar-refractivity contribution in [1.29, 1.82) is 0 Å². The normalized spacial score (nSPS) is 15.6. The number of anilines is 1. The molecule has 0 atom stereocenters. The highest BCUT2D eigenvalue weighted by atomic mass is 35.5. The van der Waals surface area contributed by atoms with Gasteiger partial charge in [0, 0.05) is 18.7 Å². The fourth-order valence-corrected chi connectivity index (χ4v) is 2.36. The Morgan fingerprint density at radius 1 is 1.50 bits per heavy atom. The predicted octanol–water partition coefficient (Wildman–Crippen LogP) is 2.96. The molecule has 0 amide bonds. The van der Waals surface area contributed by atoms with Crippen LogP contribution < -0.4 is 10.6 Å². The minimum Gasteiger partial charge on any atom is -0.389 e. The minimum absolute atomic E-state index is 0.389. The summed E-state index contributed by atoms with van der Waals surface area (Å²) in [6.07, 6.45) is 3.82. The molecule has 0 unspecified atom stereocenters. The first-order valence-corrected chi connectivity index (χ1v) is 6.20. The van der Waals surface area contributed by atoms with E-state index in [1.165, 1.54) is 19.3 Å². The van der Waals surface area contributed by atoms with Gasteiger partial charge in [-0.3, -0.25) is 0 Å². The van der Waals surface area contributed by atoms with Gasteiger partial charge in [0.05, 0.1) is 10.7 Å². The maximum Gasteiger partial charge on any atom is 0.104 e. The van der Waals surface area contributed by atoms with Crippen molar-refractivity contribution in [2.24, 2.45) is 5.73 Å². The summed E-state index contributed by atoms with van der Waals surface area (Å²) in [4.78, 5) is 2.63. The number of nitrogens with zero attached hydrogens (tertiary/aromatic N) is 1. The first-order chi connectivity index (χ1) is 7.59. The molecule has 2 rings (SSSR count). The van der Waals surface area contributed by atoms with Crippen LogP contribution in [0.25, 0.3) is 0 Å². The second kappa shape index (κ2) is 4.60. The van der Waals surface area contributed by atoms with E-state index < -0.39 is 0 Å². The van der Waals surface area contributed by atoms with Crippen molar-refractivity contribution in [3.63, 3.8) is 0 Å². The van der Waals surface area contributed by atoms with Crippen LogP contribution in [-0.2, 0) is 0 Å². The average molecular weight is 255 g/mol. The van der Waals surface area contributed by atoms with Gasteiger partial charge in [-0.05, 0) is 37.5 Å². The highest BCUT2D eigenvalue weighted by molar-refractivity contribution is 7.80. The van der Waals surface area contributed by atoms with Gasteiger partial charge in [-0.15, -0.1) is 0 Å². The van der Waals surface area contributed by atoms with Crippen LogP contribution in [0.2, 0.25) is 5.02 Å². The lowest BCUT2D eigenvalue weighted by molar-refractivity contribution is 0.401. The minimum atomic E-state index is 0.389. The third kappa shape index (κ3) is 2.15. The molecule has 0 bridgehead atoms. The van der Waals surface area contributed by atoms with E-state index in [4.69, 9.17) is 29.6 Å². The van der Waals surface area contributed by atoms with Crippen molar-refractivity contribution in [1.82, 2.24) is 0 Å². The van der Waals surface area contributed by atoms with Crippen LogP contribution in [0.3, 0.4) is 0 Å². The fourth-order valence-electron chi connectivity index (χ4n) is 1.92. The molecular formula is C12H15ClN2S. The highest BCUT2D eigenvalue weighted by Crippen LogP contribution is 2.33. The van der Waals surface area contributed by atoms with Gasteiger partial charge in [-0.1, -0.05) is 23.8 Å². The molecule has 0 spiro atoms. The van der Waals surface area contributed by atoms with E-state index in [1.807, 2.05) is 18.2 Å². The van der Waals surface area contributed by atoms with E-state index in [0.717, 1.165) is 16.3 Å². The molecule has 2 N–H and O–H groups in total. The maximum absolute atomic E-state index is 6.24. The molecule has 16 heavy (non-hydrogen) atoms. The fraction of sp³-hybridized carbons (Fsp3) is 0.417. The average Bonchev–Trinajstić information content (AvgIpc) is 2.14. The molecule has 1 saturated carbocycles. The molecule has 0 aliphatic heterocycles. The van der Waals surface area contributed by atoms with Crippen LogP contribution in [0.15, 0.2) is 18.2 Å². The van der Waals surface area contributed by atoms with Gasteiger partial charge < -0.3 is 10.6 Å².